The van der Waals surface area contributed by atoms with E-state index in [9.17, 15) is 13.2 Å². The van der Waals surface area contributed by atoms with Gasteiger partial charge in [0.15, 0.2) is 0 Å². The lowest BCUT2D eigenvalue weighted by molar-refractivity contribution is 0.102. The van der Waals surface area contributed by atoms with Crippen molar-refractivity contribution in [3.8, 4) is 11.4 Å². The van der Waals surface area contributed by atoms with Gasteiger partial charge in [-0.05, 0) is 36.4 Å². The van der Waals surface area contributed by atoms with Crippen molar-refractivity contribution < 1.29 is 17.9 Å². The molecular weight excluding hydrogens is 390 g/mol. The molecule has 0 spiro atoms. The molecule has 0 bridgehead atoms. The molecular formula is C18H16ClN3O4S. The van der Waals surface area contributed by atoms with Crippen LogP contribution >= 0.6 is 11.6 Å². The quantitative estimate of drug-likeness (QED) is 0.704. The van der Waals surface area contributed by atoms with Crippen molar-refractivity contribution in [1.29, 1.82) is 0 Å². The number of nitrogens with zero attached hydrogens (tertiary/aromatic N) is 2. The van der Waals surface area contributed by atoms with Crippen LogP contribution in [0.2, 0.25) is 5.02 Å². The molecule has 0 radical (unpaired) electrons. The third-order valence-electron chi connectivity index (χ3n) is 3.73. The highest BCUT2D eigenvalue weighted by Crippen LogP contribution is 2.27. The standard InChI is InChI=1S/C18H16ClN3O4S/c1-26-16-7-6-13(11-15(16)19)21-17(23)12-4-3-5-14(10-12)22-9-8-20-18(22)27(2,24)25/h3-11H,1-2H3,(H,21,23). The molecule has 3 rings (SSSR count). The van der Waals surface area contributed by atoms with Crippen LogP contribution in [0, 0.1) is 0 Å². The molecule has 1 aromatic heterocycles. The Morgan fingerprint density at radius 1 is 1.22 bits per heavy atom. The Hall–Kier alpha value is -2.84. The highest BCUT2D eigenvalue weighted by molar-refractivity contribution is 7.90. The predicted molar refractivity (Wildman–Crippen MR) is 103 cm³/mol. The Balaban J connectivity index is 1.89. The van der Waals surface area contributed by atoms with E-state index in [-0.39, 0.29) is 11.1 Å². The minimum absolute atomic E-state index is 0.0954. The second kappa shape index (κ2) is 7.42. The Bertz CT molecular complexity index is 1110. The maximum atomic E-state index is 12.6. The van der Waals surface area contributed by atoms with E-state index in [1.165, 1.54) is 24.1 Å². The van der Waals surface area contributed by atoms with Gasteiger partial charge in [-0.15, -0.1) is 0 Å². The van der Waals surface area contributed by atoms with E-state index in [1.54, 1.807) is 42.5 Å². The molecule has 27 heavy (non-hydrogen) atoms. The summed E-state index contributed by atoms with van der Waals surface area (Å²) in [4.78, 5) is 16.4. The Morgan fingerprint density at radius 2 is 2.00 bits per heavy atom. The van der Waals surface area contributed by atoms with E-state index in [2.05, 4.69) is 10.3 Å². The highest BCUT2D eigenvalue weighted by Gasteiger charge is 2.16. The summed E-state index contributed by atoms with van der Waals surface area (Å²) >= 11 is 6.07. The number of hydrogen-bond acceptors (Lipinski definition) is 5. The zero-order valence-electron chi connectivity index (χ0n) is 14.5. The fourth-order valence-electron chi connectivity index (χ4n) is 2.51. The lowest BCUT2D eigenvalue weighted by Crippen LogP contribution is -2.13. The van der Waals surface area contributed by atoms with Gasteiger partial charge in [0, 0.05) is 35.6 Å². The van der Waals surface area contributed by atoms with Crippen LogP contribution < -0.4 is 10.1 Å². The molecule has 9 heteroatoms. The summed E-state index contributed by atoms with van der Waals surface area (Å²) < 4.78 is 30.2. The molecule has 2 aromatic carbocycles. The second-order valence-electron chi connectivity index (χ2n) is 5.71. The number of ether oxygens (including phenoxy) is 1. The van der Waals surface area contributed by atoms with Gasteiger partial charge in [-0.2, -0.15) is 0 Å². The molecule has 1 heterocycles. The van der Waals surface area contributed by atoms with E-state index in [0.717, 1.165) is 6.26 Å². The lowest BCUT2D eigenvalue weighted by atomic mass is 10.2. The zero-order chi connectivity index (χ0) is 19.6. The van der Waals surface area contributed by atoms with Crippen molar-refractivity contribution in [2.45, 2.75) is 5.16 Å². The number of sulfone groups is 1. The maximum absolute atomic E-state index is 12.6. The minimum Gasteiger partial charge on any atom is -0.495 e. The van der Waals surface area contributed by atoms with Gasteiger partial charge in [0.05, 0.1) is 12.1 Å². The first-order chi connectivity index (χ1) is 12.8. The number of amides is 1. The minimum atomic E-state index is -3.51. The number of hydrogen-bond donors (Lipinski definition) is 1. The SMILES string of the molecule is COc1ccc(NC(=O)c2cccc(-n3ccnc3S(C)(=O)=O)c2)cc1Cl. The molecule has 0 aliphatic rings. The van der Waals surface area contributed by atoms with Gasteiger partial charge in [0.2, 0.25) is 15.0 Å². The molecule has 0 aliphatic carbocycles. The Morgan fingerprint density at radius 3 is 2.67 bits per heavy atom. The molecule has 7 nitrogen and oxygen atoms in total. The largest absolute Gasteiger partial charge is 0.495 e. The molecule has 0 aliphatic heterocycles. The number of anilines is 1. The van der Waals surface area contributed by atoms with E-state index in [1.807, 2.05) is 0 Å². The Labute approximate surface area is 161 Å². The number of nitrogens with one attached hydrogen (secondary N) is 1. The summed E-state index contributed by atoms with van der Waals surface area (Å²) in [7, 11) is -2.00. The van der Waals surface area contributed by atoms with Gasteiger partial charge >= 0.3 is 0 Å². The van der Waals surface area contributed by atoms with Crippen molar-refractivity contribution in [3.05, 3.63) is 65.4 Å². The van der Waals surface area contributed by atoms with Crippen LogP contribution in [0.1, 0.15) is 10.4 Å². The molecule has 1 N–H and O–H groups in total. The van der Waals surface area contributed by atoms with Gasteiger partial charge in [0.1, 0.15) is 5.75 Å². The number of halogens is 1. The number of imidazole rings is 1. The fourth-order valence-corrected chi connectivity index (χ4v) is 3.54. The smallest absolute Gasteiger partial charge is 0.255 e. The summed E-state index contributed by atoms with van der Waals surface area (Å²) in [5, 5.41) is 3.03. The number of methoxy groups -OCH3 is 1. The first kappa shape index (κ1) is 18.9. The monoisotopic (exact) mass is 405 g/mol. The van der Waals surface area contributed by atoms with Crippen LogP contribution in [-0.4, -0.2) is 37.2 Å². The highest BCUT2D eigenvalue weighted by atomic mass is 35.5. The molecule has 0 unspecified atom stereocenters. The molecule has 0 atom stereocenters. The van der Waals surface area contributed by atoms with E-state index >= 15 is 0 Å². The van der Waals surface area contributed by atoms with Crippen LogP contribution in [0.15, 0.2) is 60.0 Å². The average molecular weight is 406 g/mol. The molecule has 3 aromatic rings. The maximum Gasteiger partial charge on any atom is 0.255 e. The first-order valence-electron chi connectivity index (χ1n) is 7.78. The third kappa shape index (κ3) is 4.12. The molecule has 1 amide bonds. The molecule has 140 valence electrons. The number of benzene rings is 2. The van der Waals surface area contributed by atoms with Crippen LogP contribution in [0.5, 0.6) is 5.75 Å². The van der Waals surface area contributed by atoms with Crippen LogP contribution in [0.25, 0.3) is 5.69 Å². The summed E-state index contributed by atoms with van der Waals surface area (Å²) in [5.41, 5.74) is 1.37. The fraction of sp³-hybridized carbons (Fsp3) is 0.111. The van der Waals surface area contributed by atoms with E-state index < -0.39 is 9.84 Å². The normalized spacial score (nSPS) is 11.2. The summed E-state index contributed by atoms with van der Waals surface area (Å²) in [6, 6.07) is 11.5. The first-order valence-corrected chi connectivity index (χ1v) is 10.1. The topological polar surface area (TPSA) is 90.3 Å². The lowest BCUT2D eigenvalue weighted by Gasteiger charge is -2.10. The number of carbonyl (C=O) groups is 1. The van der Waals surface area contributed by atoms with Gasteiger partial charge < -0.3 is 10.1 Å². The van der Waals surface area contributed by atoms with Gasteiger partial charge in [0.25, 0.3) is 5.91 Å². The van der Waals surface area contributed by atoms with E-state index in [4.69, 9.17) is 16.3 Å². The molecule has 0 fully saturated rings. The van der Waals surface area contributed by atoms with Crippen LogP contribution in [0.4, 0.5) is 5.69 Å². The van der Waals surface area contributed by atoms with Crippen molar-refractivity contribution in [1.82, 2.24) is 9.55 Å². The second-order valence-corrected chi connectivity index (χ2v) is 8.02. The van der Waals surface area contributed by atoms with Crippen LogP contribution in [0.3, 0.4) is 0 Å². The van der Waals surface area contributed by atoms with Gasteiger partial charge in [-0.25, -0.2) is 13.4 Å². The van der Waals surface area contributed by atoms with Crippen LogP contribution in [-0.2, 0) is 9.84 Å². The molecule has 0 saturated carbocycles. The van der Waals surface area contributed by atoms with Gasteiger partial charge in [-0.1, -0.05) is 17.7 Å². The summed E-state index contributed by atoms with van der Waals surface area (Å²) in [6.45, 7) is 0. The van der Waals surface area contributed by atoms with Crippen molar-refractivity contribution in [3.63, 3.8) is 0 Å². The Kier molecular flexibility index (Phi) is 5.20. The summed E-state index contributed by atoms with van der Waals surface area (Å²) in [5.74, 6) is 0.143. The average Bonchev–Trinajstić information content (AvgIpc) is 3.12. The van der Waals surface area contributed by atoms with Crippen molar-refractivity contribution >= 4 is 33.0 Å². The zero-order valence-corrected chi connectivity index (χ0v) is 16.1. The van der Waals surface area contributed by atoms with E-state index in [0.29, 0.717) is 27.7 Å². The number of rotatable bonds is 5. The number of aromatic nitrogens is 2. The van der Waals surface area contributed by atoms with Crippen molar-refractivity contribution in [2.24, 2.45) is 0 Å². The third-order valence-corrected chi connectivity index (χ3v) is 5.00. The number of carbonyl (C=O) groups excluding carboxylic acids is 1. The van der Waals surface area contributed by atoms with Crippen molar-refractivity contribution in [2.75, 3.05) is 18.7 Å². The molecule has 0 saturated heterocycles. The van der Waals surface area contributed by atoms with Gasteiger partial charge in [-0.3, -0.25) is 9.36 Å². The summed E-state index contributed by atoms with van der Waals surface area (Å²) in [6.07, 6.45) is 3.99. The predicted octanol–water partition coefficient (Wildman–Crippen LogP) is 3.19.